The van der Waals surface area contributed by atoms with Gasteiger partial charge in [0.2, 0.25) is 0 Å². The summed E-state index contributed by atoms with van der Waals surface area (Å²) in [5, 5.41) is 10.6. The minimum atomic E-state index is -0.516. The molecule has 1 aliphatic carbocycles. The topological polar surface area (TPSA) is 29.5 Å². The Balaban J connectivity index is 2.29. The number of aryl methyl sites for hydroxylation is 1. The summed E-state index contributed by atoms with van der Waals surface area (Å²) in [5.74, 6) is 0.776. The third-order valence-corrected chi connectivity index (χ3v) is 3.61. The van der Waals surface area contributed by atoms with E-state index in [9.17, 15) is 5.11 Å². The predicted octanol–water partition coefficient (Wildman–Crippen LogP) is 3.93. The molecule has 0 saturated heterocycles. The maximum absolute atomic E-state index is 10.6. The van der Waals surface area contributed by atoms with Crippen molar-refractivity contribution in [2.24, 2.45) is 0 Å². The Labute approximate surface area is 109 Å². The maximum Gasteiger partial charge on any atom is 0.125 e. The molecule has 1 atom stereocenters. The summed E-state index contributed by atoms with van der Waals surface area (Å²) in [7, 11) is 1.66. The van der Waals surface area contributed by atoms with E-state index in [0.717, 1.165) is 35.3 Å². The SMILES string of the molecule is COc1ccc(C)cc1C(O)C1=CCCCCC1. The third kappa shape index (κ3) is 2.94. The Bertz CT molecular complexity index is 435. The van der Waals surface area contributed by atoms with E-state index < -0.39 is 6.10 Å². The van der Waals surface area contributed by atoms with Crippen molar-refractivity contribution in [1.29, 1.82) is 0 Å². The number of methoxy groups -OCH3 is 1. The molecule has 0 radical (unpaired) electrons. The summed E-state index contributed by atoms with van der Waals surface area (Å²) < 4.78 is 5.36. The van der Waals surface area contributed by atoms with Gasteiger partial charge in [-0.1, -0.05) is 24.1 Å². The Kier molecular flexibility index (Phi) is 4.43. The van der Waals surface area contributed by atoms with Crippen LogP contribution < -0.4 is 4.74 Å². The zero-order chi connectivity index (χ0) is 13.0. The average Bonchev–Trinajstić information content (AvgIpc) is 2.66. The smallest absolute Gasteiger partial charge is 0.125 e. The summed E-state index contributed by atoms with van der Waals surface area (Å²) in [6.45, 7) is 2.04. The van der Waals surface area contributed by atoms with E-state index >= 15 is 0 Å². The lowest BCUT2D eigenvalue weighted by Gasteiger charge is -2.18. The summed E-state index contributed by atoms with van der Waals surface area (Å²) in [4.78, 5) is 0. The van der Waals surface area contributed by atoms with Crippen LogP contribution >= 0.6 is 0 Å². The fourth-order valence-electron chi connectivity index (χ4n) is 2.56. The molecule has 2 heteroatoms. The first-order valence-electron chi connectivity index (χ1n) is 6.74. The second kappa shape index (κ2) is 6.05. The Morgan fingerprint density at radius 2 is 2.06 bits per heavy atom. The van der Waals surface area contributed by atoms with Crippen molar-refractivity contribution in [2.45, 2.75) is 45.1 Å². The van der Waals surface area contributed by atoms with E-state index in [1.54, 1.807) is 7.11 Å². The summed E-state index contributed by atoms with van der Waals surface area (Å²) in [5.41, 5.74) is 3.20. The van der Waals surface area contributed by atoms with Gasteiger partial charge >= 0.3 is 0 Å². The van der Waals surface area contributed by atoms with Crippen LogP contribution in [-0.4, -0.2) is 12.2 Å². The van der Waals surface area contributed by atoms with Crippen LogP contribution in [0, 0.1) is 6.92 Å². The van der Waals surface area contributed by atoms with Crippen molar-refractivity contribution >= 4 is 0 Å². The van der Waals surface area contributed by atoms with Crippen LogP contribution in [0.3, 0.4) is 0 Å². The molecule has 18 heavy (non-hydrogen) atoms. The second-order valence-corrected chi connectivity index (χ2v) is 5.03. The molecule has 0 saturated carbocycles. The van der Waals surface area contributed by atoms with Crippen LogP contribution in [0.25, 0.3) is 0 Å². The number of hydrogen-bond acceptors (Lipinski definition) is 2. The molecule has 1 aromatic carbocycles. The van der Waals surface area contributed by atoms with Gasteiger partial charge in [0.05, 0.1) is 7.11 Å². The quantitative estimate of drug-likeness (QED) is 0.819. The van der Waals surface area contributed by atoms with Crippen molar-refractivity contribution in [3.63, 3.8) is 0 Å². The Morgan fingerprint density at radius 3 is 2.83 bits per heavy atom. The second-order valence-electron chi connectivity index (χ2n) is 5.03. The number of hydrogen-bond donors (Lipinski definition) is 1. The van der Waals surface area contributed by atoms with Gasteiger partial charge in [0.25, 0.3) is 0 Å². The van der Waals surface area contributed by atoms with Crippen LogP contribution in [-0.2, 0) is 0 Å². The molecule has 0 amide bonds. The molecule has 2 nitrogen and oxygen atoms in total. The molecule has 0 spiro atoms. The van der Waals surface area contributed by atoms with Crippen molar-refractivity contribution in [3.8, 4) is 5.75 Å². The maximum atomic E-state index is 10.6. The normalized spacial score (nSPS) is 17.8. The van der Waals surface area contributed by atoms with Crippen molar-refractivity contribution < 1.29 is 9.84 Å². The highest BCUT2D eigenvalue weighted by atomic mass is 16.5. The van der Waals surface area contributed by atoms with Gasteiger partial charge in [-0.2, -0.15) is 0 Å². The number of rotatable bonds is 3. The van der Waals surface area contributed by atoms with Crippen LogP contribution in [0.5, 0.6) is 5.75 Å². The van der Waals surface area contributed by atoms with Gasteiger partial charge in [0.15, 0.2) is 0 Å². The summed E-state index contributed by atoms with van der Waals surface area (Å²) in [6, 6.07) is 5.97. The van der Waals surface area contributed by atoms with E-state index in [1.807, 2.05) is 25.1 Å². The molecule has 98 valence electrons. The number of allylic oxidation sites excluding steroid dienone is 1. The van der Waals surface area contributed by atoms with Gasteiger partial charge < -0.3 is 9.84 Å². The molecule has 0 heterocycles. The number of aliphatic hydroxyl groups is 1. The largest absolute Gasteiger partial charge is 0.496 e. The first-order chi connectivity index (χ1) is 8.72. The summed E-state index contributed by atoms with van der Waals surface area (Å²) >= 11 is 0. The standard InChI is InChI=1S/C16H22O2/c1-12-9-10-15(18-2)14(11-12)16(17)13-7-5-3-4-6-8-13/h7,9-11,16-17H,3-6,8H2,1-2H3. The lowest BCUT2D eigenvalue weighted by Crippen LogP contribution is -2.04. The van der Waals surface area contributed by atoms with E-state index in [2.05, 4.69) is 6.08 Å². The monoisotopic (exact) mass is 246 g/mol. The van der Waals surface area contributed by atoms with Crippen molar-refractivity contribution in [3.05, 3.63) is 41.0 Å². The molecular formula is C16H22O2. The molecule has 0 fully saturated rings. The first-order valence-corrected chi connectivity index (χ1v) is 6.74. The van der Waals surface area contributed by atoms with Crippen molar-refractivity contribution in [1.82, 2.24) is 0 Å². The average molecular weight is 246 g/mol. The molecule has 2 rings (SSSR count). The van der Waals surface area contributed by atoms with E-state index in [1.165, 1.54) is 19.3 Å². The highest BCUT2D eigenvalue weighted by Gasteiger charge is 2.18. The molecule has 0 aromatic heterocycles. The van der Waals surface area contributed by atoms with Gasteiger partial charge in [0.1, 0.15) is 11.9 Å². The van der Waals surface area contributed by atoms with Gasteiger partial charge in [-0.05, 0) is 50.3 Å². The van der Waals surface area contributed by atoms with E-state index in [0.29, 0.717) is 0 Å². The van der Waals surface area contributed by atoms with Crippen LogP contribution in [0.1, 0.15) is 49.3 Å². The fourth-order valence-corrected chi connectivity index (χ4v) is 2.56. The molecule has 1 N–H and O–H groups in total. The highest BCUT2D eigenvalue weighted by Crippen LogP contribution is 2.34. The van der Waals surface area contributed by atoms with Gasteiger partial charge in [-0.3, -0.25) is 0 Å². The van der Waals surface area contributed by atoms with Crippen molar-refractivity contribution in [2.75, 3.05) is 7.11 Å². The van der Waals surface area contributed by atoms with Gasteiger partial charge in [-0.25, -0.2) is 0 Å². The Hall–Kier alpha value is -1.28. The zero-order valence-corrected chi connectivity index (χ0v) is 11.3. The Morgan fingerprint density at radius 1 is 1.22 bits per heavy atom. The minimum Gasteiger partial charge on any atom is -0.496 e. The zero-order valence-electron chi connectivity index (χ0n) is 11.3. The van der Waals surface area contributed by atoms with Gasteiger partial charge in [0, 0.05) is 5.56 Å². The molecule has 0 aliphatic heterocycles. The molecular weight excluding hydrogens is 224 g/mol. The van der Waals surface area contributed by atoms with Crippen LogP contribution in [0.4, 0.5) is 0 Å². The predicted molar refractivity (Wildman–Crippen MR) is 73.9 cm³/mol. The number of benzene rings is 1. The minimum absolute atomic E-state index is 0.516. The number of ether oxygens (including phenoxy) is 1. The molecule has 0 bridgehead atoms. The lowest BCUT2D eigenvalue weighted by atomic mass is 9.96. The highest BCUT2D eigenvalue weighted by molar-refractivity contribution is 5.41. The van der Waals surface area contributed by atoms with Gasteiger partial charge in [-0.15, -0.1) is 0 Å². The van der Waals surface area contributed by atoms with E-state index in [-0.39, 0.29) is 0 Å². The third-order valence-electron chi connectivity index (χ3n) is 3.61. The van der Waals surface area contributed by atoms with Crippen LogP contribution in [0.2, 0.25) is 0 Å². The molecule has 1 aromatic rings. The molecule has 1 aliphatic rings. The van der Waals surface area contributed by atoms with E-state index in [4.69, 9.17) is 4.74 Å². The summed E-state index contributed by atoms with van der Waals surface area (Å²) in [6.07, 6.45) is 7.45. The fraction of sp³-hybridized carbons (Fsp3) is 0.500. The van der Waals surface area contributed by atoms with Crippen LogP contribution in [0.15, 0.2) is 29.8 Å². The lowest BCUT2D eigenvalue weighted by molar-refractivity contribution is 0.205. The molecule has 1 unspecified atom stereocenters. The number of aliphatic hydroxyl groups excluding tert-OH is 1. The first kappa shape index (κ1) is 13.2.